The molecule has 9 heteroatoms. The summed E-state index contributed by atoms with van der Waals surface area (Å²) in [6, 6.07) is 43.7. The van der Waals surface area contributed by atoms with Crippen molar-refractivity contribution in [3.63, 3.8) is 0 Å². The van der Waals surface area contributed by atoms with Crippen molar-refractivity contribution in [2.45, 2.75) is 54.9 Å². The monoisotopic (exact) mass is 919 g/mol. The molecule has 0 aromatic heterocycles. The van der Waals surface area contributed by atoms with Gasteiger partial charge < -0.3 is 12.1 Å². The van der Waals surface area contributed by atoms with Gasteiger partial charge in [-0.15, -0.1) is 12.1 Å². The number of nitrogens with zero attached hydrogens (tertiary/aromatic N) is 2. The number of amides is 4. The first-order chi connectivity index (χ1) is 23.8. The van der Waals surface area contributed by atoms with Crippen molar-refractivity contribution in [3.05, 3.63) is 172 Å². The maximum Gasteiger partial charge on any atom is 0.264 e. The Labute approximate surface area is 386 Å². The average Bonchev–Trinajstić information content (AvgIpc) is 3.55. The van der Waals surface area contributed by atoms with Gasteiger partial charge in [-0.1, -0.05) is 66.3 Å². The van der Waals surface area contributed by atoms with Gasteiger partial charge in [-0.2, -0.15) is 54.1 Å². The molecule has 0 spiro atoms. The third-order valence-corrected chi connectivity index (χ3v) is 6.91. The molecular formula is C43H44N2O4Y3-4. The number of fused-ring (bicyclic) bond motifs is 2. The summed E-state index contributed by atoms with van der Waals surface area (Å²) in [4.78, 5) is 52.2. The van der Waals surface area contributed by atoms with E-state index < -0.39 is 0 Å². The standard InChI is InChI=1S/C24H15N2O4.C7H7.C6H4.3C2H6.3Y/c1-25-21(27)17-9-7-14(12-19(17)22(25)28)11-15-8-10-18-20(13-15)24(30)26(23(18)29)16-5-3-2-4-6-16;1-7-5-3-2-4-6-7;1-2-4-6-5-3-1;3*1-2;;;/h3-10,12-13H,11H2,1H3;3-6H,1H3;1-2,5-6H;3*1-2H3;;;/q2*-1;-2;;;;;;. The number of carbonyl (C=O) groups excluding carboxylic acids is 4. The van der Waals surface area contributed by atoms with Gasteiger partial charge in [0.05, 0.1) is 22.3 Å². The van der Waals surface area contributed by atoms with Crippen molar-refractivity contribution in [2.24, 2.45) is 0 Å². The molecule has 0 bridgehead atoms. The van der Waals surface area contributed by atoms with Gasteiger partial charge in [-0.05, 0) is 41.8 Å². The normalized spacial score (nSPS) is 11.2. The zero-order valence-electron chi connectivity index (χ0n) is 31.4. The fraction of sp³-hybridized carbons (Fsp3) is 0.209. The van der Waals surface area contributed by atoms with E-state index in [0.29, 0.717) is 34.4 Å². The van der Waals surface area contributed by atoms with E-state index in [1.807, 2.05) is 90.1 Å². The molecule has 6 nitrogen and oxygen atoms in total. The minimum atomic E-state index is -0.362. The summed E-state index contributed by atoms with van der Waals surface area (Å²) in [7, 11) is 1.46. The molecule has 5 aromatic carbocycles. The minimum absolute atomic E-state index is 0. The fourth-order valence-electron chi connectivity index (χ4n) is 4.69. The van der Waals surface area contributed by atoms with Crippen LogP contribution in [0.15, 0.2) is 109 Å². The summed E-state index contributed by atoms with van der Waals surface area (Å²) in [5.41, 5.74) is 4.99. The summed E-state index contributed by atoms with van der Waals surface area (Å²) in [5.74, 6) is -1.33. The third kappa shape index (κ3) is 14.2. The number of carbonyl (C=O) groups is 4. The van der Waals surface area contributed by atoms with Crippen LogP contribution in [0.2, 0.25) is 0 Å². The maximum absolute atomic E-state index is 12.9. The predicted molar refractivity (Wildman–Crippen MR) is 197 cm³/mol. The van der Waals surface area contributed by atoms with Crippen LogP contribution in [0.1, 0.15) is 99.7 Å². The Morgan fingerprint density at radius 1 is 0.462 bits per heavy atom. The quantitative estimate of drug-likeness (QED) is 0.134. The van der Waals surface area contributed by atoms with E-state index in [9.17, 15) is 19.2 Å². The summed E-state index contributed by atoms with van der Waals surface area (Å²) >= 11 is 0. The Morgan fingerprint density at radius 2 is 0.808 bits per heavy atom. The molecule has 0 unspecified atom stereocenters. The topological polar surface area (TPSA) is 74.8 Å². The van der Waals surface area contributed by atoms with Crippen molar-refractivity contribution in [1.82, 2.24) is 4.90 Å². The van der Waals surface area contributed by atoms with Crippen LogP contribution in [-0.2, 0) is 105 Å². The SMILES string of the molecule is CC.CC.CC.CN1C(=O)c2ccc(Cc3ccc4c(c3)C(=O)N(c3cc[c-]cc3)C4=O)cc2C1=O.Cc1cc[c-]cc1.[Y].[Y].[Y].[c-]1cc[c-]cc1. The van der Waals surface area contributed by atoms with Crippen LogP contribution in [0.5, 0.6) is 0 Å². The maximum atomic E-state index is 12.9. The van der Waals surface area contributed by atoms with Crippen molar-refractivity contribution < 1.29 is 117 Å². The summed E-state index contributed by atoms with van der Waals surface area (Å²) < 4.78 is 0. The molecule has 2 aliphatic heterocycles. The molecule has 4 amide bonds. The second-order valence-corrected chi connectivity index (χ2v) is 9.89. The number of imide groups is 2. The molecule has 5 aromatic rings. The van der Waals surface area contributed by atoms with Gasteiger partial charge in [0.15, 0.2) is 0 Å². The Bertz CT molecular complexity index is 1780. The number of benzene rings is 5. The van der Waals surface area contributed by atoms with Gasteiger partial charge in [-0.25, -0.2) is 0 Å². The molecule has 0 aliphatic carbocycles. The molecule has 0 fully saturated rings. The van der Waals surface area contributed by atoms with Gasteiger partial charge in [-0.3, -0.25) is 53.2 Å². The molecule has 0 atom stereocenters. The van der Waals surface area contributed by atoms with Gasteiger partial charge in [0.2, 0.25) is 0 Å². The zero-order chi connectivity index (χ0) is 36.3. The van der Waals surface area contributed by atoms with Crippen LogP contribution in [0, 0.1) is 31.2 Å². The largest absolute Gasteiger partial charge is 0.319 e. The van der Waals surface area contributed by atoms with Crippen LogP contribution < -0.4 is 4.90 Å². The van der Waals surface area contributed by atoms with Crippen LogP contribution in [-0.4, -0.2) is 35.6 Å². The Morgan fingerprint density at radius 3 is 1.21 bits per heavy atom. The van der Waals surface area contributed by atoms with Crippen molar-refractivity contribution in [1.29, 1.82) is 0 Å². The first-order valence-corrected chi connectivity index (χ1v) is 16.5. The molecule has 2 aliphatic rings. The average molecular weight is 920 g/mol. The van der Waals surface area contributed by atoms with E-state index in [1.165, 1.54) is 12.6 Å². The number of rotatable bonds is 3. The van der Waals surface area contributed by atoms with Gasteiger partial charge >= 0.3 is 0 Å². The first-order valence-electron chi connectivity index (χ1n) is 16.5. The van der Waals surface area contributed by atoms with Crippen LogP contribution in [0.4, 0.5) is 5.69 Å². The Balaban J connectivity index is 0. The predicted octanol–water partition coefficient (Wildman–Crippen LogP) is 9.26. The van der Waals surface area contributed by atoms with E-state index >= 15 is 0 Å². The molecule has 0 saturated carbocycles. The summed E-state index contributed by atoms with van der Waals surface area (Å²) in [6.07, 6.45) is 0.466. The van der Waals surface area contributed by atoms with Crippen molar-refractivity contribution in [3.8, 4) is 0 Å². The molecule has 263 valence electrons. The molecule has 2 heterocycles. The number of anilines is 1. The number of hydrogen-bond donors (Lipinski definition) is 0. The second kappa shape index (κ2) is 28.2. The molecule has 52 heavy (non-hydrogen) atoms. The van der Waals surface area contributed by atoms with E-state index in [0.717, 1.165) is 20.9 Å². The van der Waals surface area contributed by atoms with Crippen molar-refractivity contribution in [2.75, 3.05) is 11.9 Å². The molecular weight excluding hydrogens is 875 g/mol. The van der Waals surface area contributed by atoms with Gasteiger partial charge in [0.1, 0.15) is 0 Å². The van der Waals surface area contributed by atoms with E-state index in [1.54, 1.807) is 60.7 Å². The van der Waals surface area contributed by atoms with Crippen LogP contribution >= 0.6 is 0 Å². The van der Waals surface area contributed by atoms with Crippen LogP contribution in [0.25, 0.3) is 0 Å². The van der Waals surface area contributed by atoms with Crippen molar-refractivity contribution >= 4 is 29.3 Å². The molecule has 3 radical (unpaired) electrons. The van der Waals surface area contributed by atoms with E-state index in [-0.39, 0.29) is 122 Å². The molecule has 0 N–H and O–H groups in total. The summed E-state index contributed by atoms with van der Waals surface area (Å²) in [5, 5.41) is 0. The summed E-state index contributed by atoms with van der Waals surface area (Å²) in [6.45, 7) is 14.1. The Kier molecular flexibility index (Phi) is 28.1. The minimum Gasteiger partial charge on any atom is -0.319 e. The number of aryl methyl sites for hydroxylation is 1. The fourth-order valence-corrected chi connectivity index (χ4v) is 4.69. The van der Waals surface area contributed by atoms with Crippen LogP contribution in [0.3, 0.4) is 0 Å². The van der Waals surface area contributed by atoms with E-state index in [4.69, 9.17) is 0 Å². The van der Waals surface area contributed by atoms with Gasteiger partial charge in [0.25, 0.3) is 23.6 Å². The Hall–Kier alpha value is -2.31. The second-order valence-electron chi connectivity index (χ2n) is 9.89. The van der Waals surface area contributed by atoms with Gasteiger partial charge in [0, 0.05) is 105 Å². The third-order valence-electron chi connectivity index (χ3n) is 6.91. The number of hydrogen-bond acceptors (Lipinski definition) is 4. The molecule has 7 rings (SSSR count). The first kappa shape index (κ1) is 51.8. The zero-order valence-corrected chi connectivity index (χ0v) is 39.9. The smallest absolute Gasteiger partial charge is 0.264 e. The molecule has 0 saturated heterocycles. The van der Waals surface area contributed by atoms with E-state index in [2.05, 4.69) is 31.2 Å².